The van der Waals surface area contributed by atoms with Crippen molar-refractivity contribution in [3.63, 3.8) is 0 Å². The molecule has 2 fully saturated rings. The molecule has 1 aromatic rings. The van der Waals surface area contributed by atoms with Gasteiger partial charge in [0.25, 0.3) is 17.7 Å². The molecule has 0 N–H and O–H groups in total. The van der Waals surface area contributed by atoms with Crippen LogP contribution >= 0.6 is 0 Å². The van der Waals surface area contributed by atoms with Gasteiger partial charge in [-0.15, -0.1) is 0 Å². The van der Waals surface area contributed by atoms with E-state index in [4.69, 9.17) is 0 Å². The zero-order chi connectivity index (χ0) is 22.7. The van der Waals surface area contributed by atoms with E-state index < -0.39 is 40.8 Å². The lowest BCUT2D eigenvalue weighted by atomic mass is 9.66. The van der Waals surface area contributed by atoms with Gasteiger partial charge in [-0.05, 0) is 68.7 Å². The minimum absolute atomic E-state index is 0.0171. The van der Waals surface area contributed by atoms with Crippen LogP contribution in [-0.2, 0) is 15.8 Å². The largest absolute Gasteiger partial charge is 0.416 e. The highest BCUT2D eigenvalue weighted by atomic mass is 19.4. The molecule has 1 saturated heterocycles. The average Bonchev–Trinajstić information content (AvgIpc) is 3.51. The number of nitrogens with zero attached hydrogens (tertiary/aromatic N) is 2. The fourth-order valence-electron chi connectivity index (χ4n) is 5.11. The Bertz CT molecular complexity index is 956. The maximum Gasteiger partial charge on any atom is 0.416 e. The molecule has 5 nitrogen and oxygen atoms in total. The Hall–Kier alpha value is -2.64. The molecule has 1 heterocycles. The molecule has 2 aliphatic carbocycles. The molecule has 0 aromatic heterocycles. The van der Waals surface area contributed by atoms with Crippen molar-refractivity contribution in [1.82, 2.24) is 10.0 Å². The van der Waals surface area contributed by atoms with E-state index in [9.17, 15) is 27.6 Å². The maximum absolute atomic E-state index is 13.6. The molecular weight excluding hydrogens is 409 g/mol. The van der Waals surface area contributed by atoms with Gasteiger partial charge < -0.3 is 0 Å². The van der Waals surface area contributed by atoms with Gasteiger partial charge in [-0.3, -0.25) is 14.4 Å². The van der Waals surface area contributed by atoms with Crippen LogP contribution in [0.25, 0.3) is 0 Å². The highest BCUT2D eigenvalue weighted by Crippen LogP contribution is 2.59. The number of imide groups is 1. The second-order valence-electron chi connectivity index (χ2n) is 8.90. The zero-order valence-corrected chi connectivity index (χ0v) is 17.6. The summed E-state index contributed by atoms with van der Waals surface area (Å²) < 4.78 is 38.5. The Balaban J connectivity index is 1.63. The number of hydrogen-bond acceptors (Lipinski definition) is 3. The van der Waals surface area contributed by atoms with Gasteiger partial charge in [0.15, 0.2) is 0 Å². The minimum Gasteiger partial charge on any atom is -0.272 e. The van der Waals surface area contributed by atoms with Crippen molar-refractivity contribution in [2.75, 3.05) is 6.54 Å². The number of allylic oxidation sites excluding steroid dienone is 2. The van der Waals surface area contributed by atoms with Gasteiger partial charge in [0.1, 0.15) is 0 Å². The molecule has 8 heteroatoms. The minimum atomic E-state index is -4.52. The second-order valence-corrected chi connectivity index (χ2v) is 8.90. The molecule has 0 radical (unpaired) electrons. The third kappa shape index (κ3) is 3.27. The van der Waals surface area contributed by atoms with Crippen molar-refractivity contribution in [2.24, 2.45) is 29.1 Å². The summed E-state index contributed by atoms with van der Waals surface area (Å²) in [6, 6.07) is 3.78. The number of alkyl halides is 3. The van der Waals surface area contributed by atoms with Crippen LogP contribution in [-0.4, -0.2) is 34.3 Å². The Morgan fingerprint density at radius 2 is 1.87 bits per heavy atom. The van der Waals surface area contributed by atoms with Crippen LogP contribution in [0.15, 0.2) is 36.4 Å². The van der Waals surface area contributed by atoms with Crippen LogP contribution < -0.4 is 0 Å². The molecule has 3 unspecified atom stereocenters. The average molecular weight is 434 g/mol. The molecule has 3 aliphatic rings. The van der Waals surface area contributed by atoms with Crippen molar-refractivity contribution < 1.29 is 27.6 Å². The van der Waals surface area contributed by atoms with Gasteiger partial charge in [0.2, 0.25) is 0 Å². The van der Waals surface area contributed by atoms with E-state index >= 15 is 0 Å². The molecule has 1 aromatic carbocycles. The standard InChI is InChI=1S/C23H25F3N2O3/c1-4-27(20(30)14-8-10-16(11-9-14)23(24,25)26)28-19(29)13(2)22(3,21(28)31)18-7-5-6-15-12-17(15)18/h5,7-11,13,15,17-18H,4,6,12H2,1-3H3/t13-,15?,17?,18?,22+/m1/s1. The van der Waals surface area contributed by atoms with E-state index in [1.54, 1.807) is 20.8 Å². The SMILES string of the molecule is CCN(C(=O)c1ccc(C(F)(F)F)cc1)N1C(=O)[C@@H](C)[C@@](C)(C2C=CCC3CC32)C1=O. The van der Waals surface area contributed by atoms with Crippen molar-refractivity contribution in [3.05, 3.63) is 47.5 Å². The predicted molar refractivity (Wildman–Crippen MR) is 106 cm³/mol. The van der Waals surface area contributed by atoms with E-state index in [-0.39, 0.29) is 18.0 Å². The number of hydrogen-bond donors (Lipinski definition) is 0. The van der Waals surface area contributed by atoms with E-state index in [0.717, 1.165) is 47.1 Å². The van der Waals surface area contributed by atoms with E-state index in [1.807, 2.05) is 6.08 Å². The lowest BCUT2D eigenvalue weighted by Gasteiger charge is -2.35. The van der Waals surface area contributed by atoms with Crippen LogP contribution in [0.3, 0.4) is 0 Å². The van der Waals surface area contributed by atoms with Crippen LogP contribution in [0.1, 0.15) is 49.5 Å². The summed E-state index contributed by atoms with van der Waals surface area (Å²) in [4.78, 5) is 39.8. The zero-order valence-electron chi connectivity index (χ0n) is 17.6. The summed E-state index contributed by atoms with van der Waals surface area (Å²) in [5.74, 6) is -1.31. The van der Waals surface area contributed by atoms with E-state index in [2.05, 4.69) is 6.08 Å². The highest BCUT2D eigenvalue weighted by molar-refractivity contribution is 6.09. The number of carbonyl (C=O) groups excluding carboxylic acids is 3. The molecular formula is C23H25F3N2O3. The maximum atomic E-state index is 13.6. The fraction of sp³-hybridized carbons (Fsp3) is 0.522. The molecule has 31 heavy (non-hydrogen) atoms. The number of hydrazine groups is 1. The first-order valence-electron chi connectivity index (χ1n) is 10.6. The Morgan fingerprint density at radius 1 is 1.23 bits per heavy atom. The van der Waals surface area contributed by atoms with E-state index in [0.29, 0.717) is 11.8 Å². The number of amides is 3. The van der Waals surface area contributed by atoms with Crippen LogP contribution in [0.2, 0.25) is 0 Å². The molecule has 5 atom stereocenters. The molecule has 1 saturated carbocycles. The Labute approximate surface area is 178 Å². The van der Waals surface area contributed by atoms with Gasteiger partial charge in [0, 0.05) is 12.1 Å². The second kappa shape index (κ2) is 7.21. The first-order chi connectivity index (χ1) is 14.5. The summed E-state index contributed by atoms with van der Waals surface area (Å²) in [6.45, 7) is 5.17. The first-order valence-corrected chi connectivity index (χ1v) is 10.6. The van der Waals surface area contributed by atoms with Crippen LogP contribution in [0, 0.1) is 29.1 Å². The van der Waals surface area contributed by atoms with Gasteiger partial charge in [-0.25, -0.2) is 5.01 Å². The lowest BCUT2D eigenvalue weighted by Crippen LogP contribution is -2.51. The van der Waals surface area contributed by atoms with Gasteiger partial charge in [-0.1, -0.05) is 19.1 Å². The first kappa shape index (κ1) is 21.6. The highest BCUT2D eigenvalue weighted by Gasteiger charge is 2.63. The summed E-state index contributed by atoms with van der Waals surface area (Å²) in [7, 11) is 0. The summed E-state index contributed by atoms with van der Waals surface area (Å²) >= 11 is 0. The number of benzene rings is 1. The van der Waals surface area contributed by atoms with Gasteiger partial charge in [0.05, 0.1) is 16.9 Å². The predicted octanol–water partition coefficient (Wildman–Crippen LogP) is 4.31. The smallest absolute Gasteiger partial charge is 0.272 e. The normalized spacial score (nSPS) is 32.3. The number of fused-ring (bicyclic) bond motifs is 1. The third-order valence-electron chi connectivity index (χ3n) is 7.28. The van der Waals surface area contributed by atoms with Crippen LogP contribution in [0.5, 0.6) is 0 Å². The van der Waals surface area contributed by atoms with Crippen molar-refractivity contribution in [1.29, 1.82) is 0 Å². The molecule has 0 spiro atoms. The van der Waals surface area contributed by atoms with Gasteiger partial charge in [-0.2, -0.15) is 18.2 Å². The molecule has 4 rings (SSSR count). The number of carbonyl (C=O) groups is 3. The van der Waals surface area contributed by atoms with Crippen LogP contribution in [0.4, 0.5) is 13.2 Å². The van der Waals surface area contributed by atoms with Crippen molar-refractivity contribution in [2.45, 2.75) is 39.8 Å². The third-order valence-corrected chi connectivity index (χ3v) is 7.28. The van der Waals surface area contributed by atoms with Crippen molar-refractivity contribution in [3.8, 4) is 0 Å². The monoisotopic (exact) mass is 434 g/mol. The van der Waals surface area contributed by atoms with E-state index in [1.165, 1.54) is 0 Å². The molecule has 166 valence electrons. The quantitative estimate of drug-likeness (QED) is 0.524. The molecule has 0 bridgehead atoms. The molecule has 3 amide bonds. The summed E-state index contributed by atoms with van der Waals surface area (Å²) in [5.41, 5.74) is -1.84. The Kier molecular flexibility index (Phi) is 5.02. The van der Waals surface area contributed by atoms with Crippen molar-refractivity contribution >= 4 is 17.7 Å². The number of halogens is 3. The van der Waals surface area contributed by atoms with Gasteiger partial charge >= 0.3 is 6.18 Å². The fourth-order valence-corrected chi connectivity index (χ4v) is 5.11. The molecule has 1 aliphatic heterocycles. The Morgan fingerprint density at radius 3 is 2.45 bits per heavy atom. The topological polar surface area (TPSA) is 57.7 Å². The lowest BCUT2D eigenvalue weighted by molar-refractivity contribution is -0.156. The number of rotatable bonds is 4. The summed E-state index contributed by atoms with van der Waals surface area (Å²) in [5, 5.41) is 1.97. The summed E-state index contributed by atoms with van der Waals surface area (Å²) in [6.07, 6.45) is 1.61.